The van der Waals surface area contributed by atoms with Gasteiger partial charge < -0.3 is 5.73 Å². The number of halogens is 2. The normalized spacial score (nSPS) is 10.9. The van der Waals surface area contributed by atoms with Crippen LogP contribution in [0, 0.1) is 17.1 Å². The predicted molar refractivity (Wildman–Crippen MR) is 80.5 cm³/mol. The molecule has 8 heteroatoms. The Hall–Kier alpha value is -2.11. The van der Waals surface area contributed by atoms with Gasteiger partial charge in [0.25, 0.3) is 10.0 Å². The van der Waals surface area contributed by atoms with E-state index < -0.39 is 15.8 Å². The zero-order chi connectivity index (χ0) is 15.6. The van der Waals surface area contributed by atoms with Gasteiger partial charge >= 0.3 is 0 Å². The fraction of sp³-hybridized carbons (Fsp3) is 0. The van der Waals surface area contributed by atoms with Gasteiger partial charge in [-0.3, -0.25) is 4.72 Å². The van der Waals surface area contributed by atoms with Crippen molar-refractivity contribution in [3.05, 3.63) is 52.3 Å². The molecule has 0 saturated carbocycles. The van der Waals surface area contributed by atoms with Crippen LogP contribution < -0.4 is 10.5 Å². The molecule has 3 N–H and O–H groups in total. The molecule has 0 unspecified atom stereocenters. The summed E-state index contributed by atoms with van der Waals surface area (Å²) in [5, 5.41) is 8.69. The molecule has 0 bridgehead atoms. The first kappa shape index (κ1) is 15.3. The summed E-state index contributed by atoms with van der Waals surface area (Å²) in [6.45, 7) is 0. The molecule has 108 valence electrons. The number of nitrogen functional groups attached to an aromatic ring is 1. The van der Waals surface area contributed by atoms with Crippen molar-refractivity contribution in [1.29, 1.82) is 5.26 Å². The number of sulfonamides is 1. The van der Waals surface area contributed by atoms with Crippen LogP contribution in [-0.4, -0.2) is 8.42 Å². The van der Waals surface area contributed by atoms with Crippen molar-refractivity contribution in [3.63, 3.8) is 0 Å². The maximum Gasteiger partial charge on any atom is 0.263 e. The monoisotopic (exact) mass is 369 g/mol. The largest absolute Gasteiger partial charge is 0.398 e. The van der Waals surface area contributed by atoms with Crippen LogP contribution in [0.2, 0.25) is 0 Å². The van der Waals surface area contributed by atoms with Gasteiger partial charge in [0.2, 0.25) is 0 Å². The van der Waals surface area contributed by atoms with Crippen LogP contribution in [-0.2, 0) is 10.0 Å². The minimum absolute atomic E-state index is 0.00287. The standard InChI is InChI=1S/C13H9BrFN3O2S/c14-10-5-13(12(17)6-11(10)15)21(19,20)18-9-3-1-8(7-16)2-4-9/h1-6,18H,17H2. The highest BCUT2D eigenvalue weighted by molar-refractivity contribution is 9.10. The quantitative estimate of drug-likeness (QED) is 0.812. The Morgan fingerprint density at radius 1 is 1.24 bits per heavy atom. The molecule has 0 spiro atoms. The third-order valence-electron chi connectivity index (χ3n) is 2.61. The van der Waals surface area contributed by atoms with Gasteiger partial charge in [-0.15, -0.1) is 0 Å². The van der Waals surface area contributed by atoms with Crippen molar-refractivity contribution < 1.29 is 12.8 Å². The molecule has 0 aliphatic heterocycles. The number of nitriles is 1. The van der Waals surface area contributed by atoms with E-state index in [1.165, 1.54) is 24.3 Å². The first-order valence-electron chi connectivity index (χ1n) is 5.61. The molecule has 5 nitrogen and oxygen atoms in total. The second-order valence-corrected chi connectivity index (χ2v) is 6.60. The highest BCUT2D eigenvalue weighted by Crippen LogP contribution is 2.27. The van der Waals surface area contributed by atoms with E-state index in [1.807, 2.05) is 6.07 Å². The molecule has 0 radical (unpaired) electrons. The van der Waals surface area contributed by atoms with Crippen LogP contribution in [0.25, 0.3) is 0 Å². The van der Waals surface area contributed by atoms with E-state index in [0.29, 0.717) is 5.56 Å². The third kappa shape index (κ3) is 3.32. The number of benzene rings is 2. The molecule has 2 aromatic carbocycles. The number of hydrogen-bond donors (Lipinski definition) is 2. The van der Waals surface area contributed by atoms with Gasteiger partial charge in [0.15, 0.2) is 0 Å². The fourth-order valence-corrected chi connectivity index (χ4v) is 3.29. The van der Waals surface area contributed by atoms with E-state index in [0.717, 1.165) is 12.1 Å². The molecule has 0 atom stereocenters. The number of nitrogens with zero attached hydrogens (tertiary/aromatic N) is 1. The number of hydrogen-bond acceptors (Lipinski definition) is 4. The first-order chi connectivity index (χ1) is 9.83. The summed E-state index contributed by atoms with van der Waals surface area (Å²) < 4.78 is 40.1. The summed E-state index contributed by atoms with van der Waals surface area (Å²) in [5.74, 6) is -0.648. The van der Waals surface area contributed by atoms with E-state index >= 15 is 0 Å². The summed E-state index contributed by atoms with van der Waals surface area (Å²) in [7, 11) is -3.96. The summed E-state index contributed by atoms with van der Waals surface area (Å²) in [5.41, 5.74) is 6.03. The molecule has 0 amide bonds. The number of nitrogens with one attached hydrogen (secondary N) is 1. The number of rotatable bonds is 3. The molecular formula is C13H9BrFN3O2S. The molecule has 0 aliphatic carbocycles. The van der Waals surface area contributed by atoms with E-state index in [9.17, 15) is 12.8 Å². The lowest BCUT2D eigenvalue weighted by atomic mass is 10.2. The lowest BCUT2D eigenvalue weighted by Crippen LogP contribution is -2.15. The Balaban J connectivity index is 2.38. The second kappa shape index (κ2) is 5.71. The summed E-state index contributed by atoms with van der Waals surface area (Å²) in [6, 6.07) is 9.79. The van der Waals surface area contributed by atoms with Gasteiger partial charge in [0, 0.05) is 5.69 Å². The highest BCUT2D eigenvalue weighted by atomic mass is 79.9. The van der Waals surface area contributed by atoms with Gasteiger partial charge in [-0.2, -0.15) is 5.26 Å². The lowest BCUT2D eigenvalue weighted by molar-refractivity contribution is 0.599. The molecule has 0 saturated heterocycles. The van der Waals surface area contributed by atoms with Gasteiger partial charge in [0.05, 0.1) is 21.8 Å². The molecule has 21 heavy (non-hydrogen) atoms. The Morgan fingerprint density at radius 3 is 2.43 bits per heavy atom. The average Bonchev–Trinajstić information content (AvgIpc) is 2.43. The minimum Gasteiger partial charge on any atom is -0.398 e. The zero-order valence-electron chi connectivity index (χ0n) is 10.5. The van der Waals surface area contributed by atoms with Crippen LogP contribution >= 0.6 is 15.9 Å². The molecule has 2 rings (SSSR count). The molecule has 0 aliphatic rings. The van der Waals surface area contributed by atoms with E-state index in [2.05, 4.69) is 20.7 Å². The van der Waals surface area contributed by atoms with E-state index in [-0.39, 0.29) is 20.7 Å². The van der Waals surface area contributed by atoms with Crippen LogP contribution in [0.3, 0.4) is 0 Å². The van der Waals surface area contributed by atoms with Crippen molar-refractivity contribution >= 4 is 37.3 Å². The van der Waals surface area contributed by atoms with Crippen LogP contribution in [0.1, 0.15) is 5.56 Å². The first-order valence-corrected chi connectivity index (χ1v) is 7.88. The van der Waals surface area contributed by atoms with Crippen molar-refractivity contribution in [1.82, 2.24) is 0 Å². The topological polar surface area (TPSA) is 96.0 Å². The van der Waals surface area contributed by atoms with Gasteiger partial charge in [-0.1, -0.05) is 0 Å². The molecule has 0 fully saturated rings. The zero-order valence-corrected chi connectivity index (χ0v) is 12.9. The van der Waals surface area contributed by atoms with E-state index in [4.69, 9.17) is 11.0 Å². The number of anilines is 2. The smallest absolute Gasteiger partial charge is 0.263 e. The summed E-state index contributed by atoms with van der Waals surface area (Å²) in [4.78, 5) is -0.236. The second-order valence-electron chi connectivity index (χ2n) is 4.10. The summed E-state index contributed by atoms with van der Waals surface area (Å²) >= 11 is 2.92. The Morgan fingerprint density at radius 2 is 1.86 bits per heavy atom. The van der Waals surface area contributed by atoms with Crippen LogP contribution in [0.15, 0.2) is 45.8 Å². The van der Waals surface area contributed by atoms with Gasteiger partial charge in [0.1, 0.15) is 10.7 Å². The summed E-state index contributed by atoms with van der Waals surface area (Å²) in [6.07, 6.45) is 0. The van der Waals surface area contributed by atoms with Crippen molar-refractivity contribution in [2.24, 2.45) is 0 Å². The maximum atomic E-state index is 13.3. The lowest BCUT2D eigenvalue weighted by Gasteiger charge is -2.11. The third-order valence-corrected chi connectivity index (χ3v) is 4.65. The van der Waals surface area contributed by atoms with Crippen LogP contribution in [0.5, 0.6) is 0 Å². The number of nitrogens with two attached hydrogens (primary N) is 1. The Labute approximate surface area is 129 Å². The van der Waals surface area contributed by atoms with Crippen molar-refractivity contribution in [2.45, 2.75) is 4.90 Å². The molecule has 0 aromatic heterocycles. The average molecular weight is 370 g/mol. The predicted octanol–water partition coefficient (Wildman–Crippen LogP) is 2.84. The maximum absolute atomic E-state index is 13.3. The van der Waals surface area contributed by atoms with Crippen molar-refractivity contribution in [3.8, 4) is 6.07 Å². The van der Waals surface area contributed by atoms with Crippen molar-refractivity contribution in [2.75, 3.05) is 10.5 Å². The molecule has 2 aromatic rings. The van der Waals surface area contributed by atoms with E-state index in [1.54, 1.807) is 0 Å². The SMILES string of the molecule is N#Cc1ccc(NS(=O)(=O)c2cc(Br)c(F)cc2N)cc1. The Bertz CT molecular complexity index is 830. The van der Waals surface area contributed by atoms with Gasteiger partial charge in [-0.05, 0) is 52.3 Å². The Kier molecular flexibility index (Phi) is 4.16. The fourth-order valence-electron chi connectivity index (χ4n) is 1.60. The molecule has 0 heterocycles. The van der Waals surface area contributed by atoms with Crippen LogP contribution in [0.4, 0.5) is 15.8 Å². The minimum atomic E-state index is -3.96. The molecular weight excluding hydrogens is 361 g/mol. The highest BCUT2D eigenvalue weighted by Gasteiger charge is 2.19. The van der Waals surface area contributed by atoms with Gasteiger partial charge in [-0.25, -0.2) is 12.8 Å².